The number of ether oxygens (including phenoxy) is 1. The quantitative estimate of drug-likeness (QED) is 0.377. The molecular formula is C28H31Cl2N3O3. The Bertz CT molecular complexity index is 1330. The zero-order chi connectivity index (χ0) is 25.4. The summed E-state index contributed by atoms with van der Waals surface area (Å²) in [5.74, 6) is -0.169. The van der Waals surface area contributed by atoms with Gasteiger partial charge < -0.3 is 9.84 Å². The number of piperidine rings is 1. The van der Waals surface area contributed by atoms with Crippen molar-refractivity contribution in [3.63, 3.8) is 0 Å². The molecule has 0 amide bonds. The van der Waals surface area contributed by atoms with Gasteiger partial charge >= 0.3 is 5.97 Å². The highest BCUT2D eigenvalue weighted by atomic mass is 35.5. The molecule has 2 aromatic carbocycles. The van der Waals surface area contributed by atoms with E-state index in [0.717, 1.165) is 71.6 Å². The van der Waals surface area contributed by atoms with Gasteiger partial charge in [0.05, 0.1) is 11.4 Å². The Balaban J connectivity index is 1.27. The summed E-state index contributed by atoms with van der Waals surface area (Å²) in [6.07, 6.45) is 3.44. The van der Waals surface area contributed by atoms with E-state index in [1.54, 1.807) is 0 Å². The van der Waals surface area contributed by atoms with E-state index in [1.807, 2.05) is 28.9 Å². The Hall–Kier alpha value is -2.54. The normalized spacial score (nSPS) is 18.6. The molecule has 5 rings (SSSR count). The molecule has 1 aliphatic heterocycles. The number of carboxylic acid groups (broad SMARTS) is 1. The molecule has 0 saturated carbocycles. The van der Waals surface area contributed by atoms with E-state index in [-0.39, 0.29) is 12.0 Å². The van der Waals surface area contributed by atoms with Crippen LogP contribution in [0.3, 0.4) is 0 Å². The van der Waals surface area contributed by atoms with E-state index in [1.165, 1.54) is 11.1 Å². The molecule has 6 nitrogen and oxygen atoms in total. The number of carboxylic acids is 1. The van der Waals surface area contributed by atoms with Crippen molar-refractivity contribution in [3.8, 4) is 5.75 Å². The summed E-state index contributed by atoms with van der Waals surface area (Å²) < 4.78 is 8.06. The average Bonchev–Trinajstić information content (AvgIpc) is 3.21. The summed E-state index contributed by atoms with van der Waals surface area (Å²) in [4.78, 5) is 13.6. The number of benzene rings is 2. The van der Waals surface area contributed by atoms with Gasteiger partial charge in [-0.2, -0.15) is 5.10 Å². The third kappa shape index (κ3) is 5.13. The fourth-order valence-electron chi connectivity index (χ4n) is 5.29. The maximum atomic E-state index is 11.4. The molecule has 1 aromatic heterocycles. The van der Waals surface area contributed by atoms with Gasteiger partial charge in [0, 0.05) is 29.5 Å². The minimum Gasteiger partial charge on any atom is -0.489 e. The smallest absolute Gasteiger partial charge is 0.307 e. The minimum atomic E-state index is -0.699. The molecule has 1 aliphatic carbocycles. The molecule has 190 valence electrons. The van der Waals surface area contributed by atoms with Crippen LogP contribution in [0.25, 0.3) is 15.9 Å². The highest BCUT2D eigenvalue weighted by Gasteiger charge is 2.27. The van der Waals surface area contributed by atoms with Gasteiger partial charge in [0.25, 0.3) is 0 Å². The first kappa shape index (κ1) is 25.1. The second kappa shape index (κ2) is 10.4. The van der Waals surface area contributed by atoms with Crippen LogP contribution in [0.1, 0.15) is 55.8 Å². The molecule has 1 saturated heterocycles. The molecule has 1 N–H and O–H groups in total. The lowest BCUT2D eigenvalue weighted by Gasteiger charge is -2.32. The topological polar surface area (TPSA) is 67.6 Å². The molecular weight excluding hydrogens is 497 g/mol. The Labute approximate surface area is 221 Å². The third-order valence-corrected chi connectivity index (χ3v) is 7.96. The zero-order valence-electron chi connectivity index (χ0n) is 20.6. The second-order valence-electron chi connectivity index (χ2n) is 10.1. The number of aromatic nitrogens is 2. The molecule has 0 unspecified atom stereocenters. The van der Waals surface area contributed by atoms with Gasteiger partial charge in [-0.05, 0) is 98.7 Å². The Morgan fingerprint density at radius 3 is 2.81 bits per heavy atom. The Morgan fingerprint density at radius 1 is 1.19 bits per heavy atom. The number of carbonyl (C=O) groups is 1. The van der Waals surface area contributed by atoms with Crippen LogP contribution < -0.4 is 4.74 Å². The fraction of sp³-hybridized carbons (Fsp3) is 0.429. The molecule has 8 heteroatoms. The molecule has 2 heterocycles. The van der Waals surface area contributed by atoms with Gasteiger partial charge in [0.1, 0.15) is 12.4 Å². The maximum absolute atomic E-state index is 11.4. The van der Waals surface area contributed by atoms with Crippen LogP contribution in [0.5, 0.6) is 5.75 Å². The molecule has 1 fully saturated rings. The lowest BCUT2D eigenvalue weighted by molar-refractivity contribution is -0.143. The monoisotopic (exact) mass is 527 g/mol. The van der Waals surface area contributed by atoms with Crippen LogP contribution in [0.4, 0.5) is 0 Å². The number of aliphatic carboxylic acids is 1. The molecule has 0 radical (unpaired) electrons. The van der Waals surface area contributed by atoms with Gasteiger partial charge in [-0.3, -0.25) is 14.4 Å². The standard InChI is InChI=1S/C28H31Cl2N3O3/c1-17(2)33-25-10-5-18(12-24(25)27(30)31-33)16-36-22-8-9-23-19(13-22)6-7-20(26(23)29)14-32-11-3-4-21(15-32)28(34)35/h5,8-10,12-13,17,21H,3-4,6-7,11,14-16H2,1-2H3,(H,34,35)/t21-/m0/s1. The number of nitrogens with zero attached hydrogens (tertiary/aromatic N) is 3. The maximum Gasteiger partial charge on any atom is 0.307 e. The first-order valence-electron chi connectivity index (χ1n) is 12.6. The molecule has 2 aliphatic rings. The molecule has 0 bridgehead atoms. The van der Waals surface area contributed by atoms with Crippen molar-refractivity contribution < 1.29 is 14.6 Å². The van der Waals surface area contributed by atoms with Crippen molar-refractivity contribution in [2.45, 2.75) is 52.2 Å². The molecule has 1 atom stereocenters. The number of fused-ring (bicyclic) bond motifs is 2. The van der Waals surface area contributed by atoms with Crippen LogP contribution in [0.15, 0.2) is 42.0 Å². The van der Waals surface area contributed by atoms with Crippen LogP contribution in [-0.2, 0) is 17.8 Å². The molecule has 36 heavy (non-hydrogen) atoms. The summed E-state index contributed by atoms with van der Waals surface area (Å²) in [6, 6.07) is 12.5. The highest BCUT2D eigenvalue weighted by molar-refractivity contribution is 6.49. The van der Waals surface area contributed by atoms with Crippen molar-refractivity contribution in [1.29, 1.82) is 0 Å². The van der Waals surface area contributed by atoms with Gasteiger partial charge in [0.15, 0.2) is 5.15 Å². The van der Waals surface area contributed by atoms with Crippen molar-refractivity contribution >= 4 is 45.1 Å². The van der Waals surface area contributed by atoms with Gasteiger partial charge in [-0.15, -0.1) is 0 Å². The van der Waals surface area contributed by atoms with E-state index in [4.69, 9.17) is 27.9 Å². The first-order chi connectivity index (χ1) is 17.3. The summed E-state index contributed by atoms with van der Waals surface area (Å²) in [5, 5.41) is 16.1. The molecule has 0 spiro atoms. The highest BCUT2D eigenvalue weighted by Crippen LogP contribution is 2.37. The lowest BCUT2D eigenvalue weighted by Crippen LogP contribution is -2.39. The van der Waals surface area contributed by atoms with E-state index >= 15 is 0 Å². The van der Waals surface area contributed by atoms with Crippen molar-refractivity contribution in [3.05, 3.63) is 63.8 Å². The molecule has 3 aromatic rings. The largest absolute Gasteiger partial charge is 0.489 e. The summed E-state index contributed by atoms with van der Waals surface area (Å²) in [6.45, 7) is 6.86. The van der Waals surface area contributed by atoms with E-state index in [0.29, 0.717) is 18.3 Å². The Morgan fingerprint density at radius 2 is 2.03 bits per heavy atom. The summed E-state index contributed by atoms with van der Waals surface area (Å²) in [5.41, 5.74) is 5.47. The predicted octanol–water partition coefficient (Wildman–Crippen LogP) is 6.54. The van der Waals surface area contributed by atoms with Gasteiger partial charge in [-0.1, -0.05) is 29.3 Å². The number of hydrogen-bond acceptors (Lipinski definition) is 4. The number of halogens is 2. The number of hydrogen-bond donors (Lipinski definition) is 1. The van der Waals surface area contributed by atoms with E-state index in [2.05, 4.69) is 36.0 Å². The van der Waals surface area contributed by atoms with E-state index in [9.17, 15) is 9.90 Å². The van der Waals surface area contributed by atoms with Crippen LogP contribution in [0, 0.1) is 5.92 Å². The number of likely N-dealkylation sites (tertiary alicyclic amines) is 1. The fourth-order valence-corrected chi connectivity index (χ4v) is 5.86. The first-order valence-corrected chi connectivity index (χ1v) is 13.3. The predicted molar refractivity (Wildman–Crippen MR) is 144 cm³/mol. The SMILES string of the molecule is CC(C)n1nc(Cl)c2cc(COc3ccc4c(c3)CCC(CN3CCC[C@H](C(=O)O)C3)=C4Cl)ccc21. The Kier molecular flexibility index (Phi) is 7.29. The van der Waals surface area contributed by atoms with Crippen LogP contribution in [0.2, 0.25) is 5.15 Å². The third-order valence-electron chi connectivity index (χ3n) is 7.21. The summed E-state index contributed by atoms with van der Waals surface area (Å²) in [7, 11) is 0. The van der Waals surface area contributed by atoms with E-state index < -0.39 is 5.97 Å². The average molecular weight is 528 g/mol. The van der Waals surface area contributed by atoms with Crippen molar-refractivity contribution in [2.75, 3.05) is 19.6 Å². The zero-order valence-corrected chi connectivity index (χ0v) is 22.1. The second-order valence-corrected chi connectivity index (χ2v) is 10.9. The number of rotatable bonds is 7. The van der Waals surface area contributed by atoms with Crippen molar-refractivity contribution in [1.82, 2.24) is 14.7 Å². The lowest BCUT2D eigenvalue weighted by atomic mass is 9.90. The summed E-state index contributed by atoms with van der Waals surface area (Å²) >= 11 is 13.2. The minimum absolute atomic E-state index is 0.237. The number of aryl methyl sites for hydroxylation is 1. The van der Waals surface area contributed by atoms with Crippen LogP contribution >= 0.6 is 23.2 Å². The van der Waals surface area contributed by atoms with Crippen LogP contribution in [-0.4, -0.2) is 45.4 Å². The van der Waals surface area contributed by atoms with Gasteiger partial charge in [-0.25, -0.2) is 0 Å². The van der Waals surface area contributed by atoms with Crippen molar-refractivity contribution in [2.24, 2.45) is 5.92 Å². The van der Waals surface area contributed by atoms with Gasteiger partial charge in [0.2, 0.25) is 0 Å².